The summed E-state index contributed by atoms with van der Waals surface area (Å²) < 4.78 is 18.5. The highest BCUT2D eigenvalue weighted by molar-refractivity contribution is 5.36. The summed E-state index contributed by atoms with van der Waals surface area (Å²) in [6.07, 6.45) is 1.16. The van der Waals surface area contributed by atoms with Crippen LogP contribution in [0.5, 0.6) is 5.75 Å². The van der Waals surface area contributed by atoms with Gasteiger partial charge in [0.15, 0.2) is 0 Å². The molecule has 0 fully saturated rings. The summed E-state index contributed by atoms with van der Waals surface area (Å²) in [6.45, 7) is -0.00401. The second-order valence-corrected chi connectivity index (χ2v) is 3.18. The van der Waals surface area contributed by atoms with Crippen molar-refractivity contribution in [1.29, 1.82) is 0 Å². The van der Waals surface area contributed by atoms with Crippen molar-refractivity contribution in [1.82, 2.24) is 0 Å². The fraction of sp³-hybridized carbons (Fsp3) is 0.400. The van der Waals surface area contributed by atoms with E-state index >= 15 is 0 Å². The van der Waals surface area contributed by atoms with E-state index in [0.717, 1.165) is 0 Å². The van der Waals surface area contributed by atoms with Crippen molar-refractivity contribution in [3.8, 4) is 5.75 Å². The first kappa shape index (κ1) is 8.51. The molecule has 0 radical (unpaired) electrons. The number of aliphatic hydroxyl groups excluding tert-OH is 1. The molecule has 0 spiro atoms. The van der Waals surface area contributed by atoms with Crippen LogP contribution in [-0.2, 0) is 6.42 Å². The molecule has 0 aromatic heterocycles. The Morgan fingerprint density at radius 1 is 1.54 bits per heavy atom. The van der Waals surface area contributed by atoms with Crippen molar-refractivity contribution in [2.45, 2.75) is 18.9 Å². The van der Waals surface area contributed by atoms with Gasteiger partial charge >= 0.3 is 0 Å². The third kappa shape index (κ3) is 1.52. The van der Waals surface area contributed by atoms with E-state index in [1.807, 2.05) is 0 Å². The first-order valence-electron chi connectivity index (χ1n) is 4.36. The molecule has 70 valence electrons. The van der Waals surface area contributed by atoms with Gasteiger partial charge in [0.25, 0.3) is 0 Å². The number of aliphatic hydroxyl groups is 1. The molecule has 1 aromatic rings. The highest BCUT2D eigenvalue weighted by Gasteiger charge is 2.20. The third-order valence-corrected chi connectivity index (χ3v) is 2.29. The minimum atomic E-state index is -0.214. The second-order valence-electron chi connectivity index (χ2n) is 3.18. The van der Waals surface area contributed by atoms with E-state index in [-0.39, 0.29) is 18.5 Å². The molecule has 1 N–H and O–H groups in total. The largest absolute Gasteiger partial charge is 0.488 e. The van der Waals surface area contributed by atoms with E-state index in [9.17, 15) is 4.39 Å². The number of fused-ring (bicyclic) bond motifs is 1. The Kier molecular flexibility index (Phi) is 2.19. The van der Waals surface area contributed by atoms with Gasteiger partial charge in [-0.05, 0) is 25.0 Å². The molecule has 0 saturated heterocycles. The zero-order valence-corrected chi connectivity index (χ0v) is 7.16. The minimum absolute atomic E-state index is 0.00401. The predicted octanol–water partition coefficient (Wildman–Crippen LogP) is 1.51. The highest BCUT2D eigenvalue weighted by atomic mass is 19.1. The Morgan fingerprint density at radius 2 is 2.38 bits per heavy atom. The number of halogens is 1. The van der Waals surface area contributed by atoms with Crippen LogP contribution >= 0.6 is 0 Å². The van der Waals surface area contributed by atoms with Crippen LogP contribution in [0.2, 0.25) is 0 Å². The van der Waals surface area contributed by atoms with Gasteiger partial charge < -0.3 is 9.84 Å². The van der Waals surface area contributed by atoms with Crippen molar-refractivity contribution < 1.29 is 14.2 Å². The maximum absolute atomic E-state index is 13.2. The highest BCUT2D eigenvalue weighted by Crippen LogP contribution is 2.29. The zero-order chi connectivity index (χ0) is 9.26. The fourth-order valence-corrected chi connectivity index (χ4v) is 1.56. The average molecular weight is 182 g/mol. The number of benzene rings is 1. The molecule has 1 heterocycles. The van der Waals surface area contributed by atoms with E-state index < -0.39 is 0 Å². The lowest BCUT2D eigenvalue weighted by molar-refractivity contribution is 0.0967. The quantitative estimate of drug-likeness (QED) is 0.713. The van der Waals surface area contributed by atoms with Crippen LogP contribution in [0.25, 0.3) is 0 Å². The molecule has 1 aliphatic heterocycles. The molecule has 1 atom stereocenters. The van der Waals surface area contributed by atoms with E-state index in [2.05, 4.69) is 0 Å². The molecule has 1 aromatic carbocycles. The summed E-state index contributed by atoms with van der Waals surface area (Å²) in [5.74, 6) is 0.360. The van der Waals surface area contributed by atoms with E-state index in [1.165, 1.54) is 6.07 Å². The first-order valence-corrected chi connectivity index (χ1v) is 4.36. The lowest BCUT2D eigenvalue weighted by Gasteiger charge is -2.24. The lowest BCUT2D eigenvalue weighted by atomic mass is 10.0. The molecule has 0 saturated carbocycles. The number of rotatable bonds is 1. The molecule has 13 heavy (non-hydrogen) atoms. The van der Waals surface area contributed by atoms with Gasteiger partial charge in [0.05, 0.1) is 6.61 Å². The Hall–Kier alpha value is -1.09. The van der Waals surface area contributed by atoms with Crippen molar-refractivity contribution >= 4 is 0 Å². The topological polar surface area (TPSA) is 29.5 Å². The van der Waals surface area contributed by atoms with Crippen molar-refractivity contribution in [3.63, 3.8) is 0 Å². The molecular weight excluding hydrogens is 171 g/mol. The second kappa shape index (κ2) is 3.34. The lowest BCUT2D eigenvalue weighted by Crippen LogP contribution is -2.26. The van der Waals surface area contributed by atoms with Gasteiger partial charge in [-0.15, -0.1) is 0 Å². The minimum Gasteiger partial charge on any atom is -0.488 e. The molecule has 2 nitrogen and oxygen atoms in total. The maximum Gasteiger partial charge on any atom is 0.130 e. The summed E-state index contributed by atoms with van der Waals surface area (Å²) in [5.41, 5.74) is 0.632. The van der Waals surface area contributed by atoms with Crippen molar-refractivity contribution in [3.05, 3.63) is 29.6 Å². The van der Waals surface area contributed by atoms with Gasteiger partial charge in [-0.2, -0.15) is 0 Å². The molecule has 0 amide bonds. The van der Waals surface area contributed by atoms with Crippen LogP contribution in [0.4, 0.5) is 4.39 Å². The van der Waals surface area contributed by atoms with Crippen LogP contribution in [0, 0.1) is 5.82 Å². The standard InChI is InChI=1S/C10H11FO2/c11-9-2-1-3-10-8(9)5-4-7(6-12)13-10/h1-3,7,12H,4-6H2. The van der Waals surface area contributed by atoms with Gasteiger partial charge in [-0.25, -0.2) is 4.39 Å². The molecule has 0 aliphatic carbocycles. The Balaban J connectivity index is 2.31. The molecule has 2 rings (SSSR count). The summed E-state index contributed by atoms with van der Waals surface area (Å²) in [6, 6.07) is 4.79. The van der Waals surface area contributed by atoms with Crippen LogP contribution in [-0.4, -0.2) is 17.8 Å². The van der Waals surface area contributed by atoms with Crippen LogP contribution in [0.3, 0.4) is 0 Å². The van der Waals surface area contributed by atoms with Crippen molar-refractivity contribution in [2.75, 3.05) is 6.61 Å². The number of hydrogen-bond donors (Lipinski definition) is 1. The average Bonchev–Trinajstić information content (AvgIpc) is 2.18. The molecule has 3 heteroatoms. The normalized spacial score (nSPS) is 20.6. The SMILES string of the molecule is OCC1CCc2c(F)cccc2O1. The molecule has 1 unspecified atom stereocenters. The van der Waals surface area contributed by atoms with Gasteiger partial charge in [0, 0.05) is 5.56 Å². The summed E-state index contributed by atoms with van der Waals surface area (Å²) >= 11 is 0. The fourth-order valence-electron chi connectivity index (χ4n) is 1.56. The number of hydrogen-bond acceptors (Lipinski definition) is 2. The Morgan fingerprint density at radius 3 is 3.15 bits per heavy atom. The summed E-state index contributed by atoms with van der Waals surface area (Å²) in [4.78, 5) is 0. The monoisotopic (exact) mass is 182 g/mol. The zero-order valence-electron chi connectivity index (χ0n) is 7.16. The van der Waals surface area contributed by atoms with Crippen molar-refractivity contribution in [2.24, 2.45) is 0 Å². The predicted molar refractivity (Wildman–Crippen MR) is 46.2 cm³/mol. The molecular formula is C10H11FO2. The van der Waals surface area contributed by atoms with Crippen LogP contribution < -0.4 is 4.74 Å². The van der Waals surface area contributed by atoms with Crippen LogP contribution in [0.1, 0.15) is 12.0 Å². The van der Waals surface area contributed by atoms with Gasteiger partial charge in [0.1, 0.15) is 17.7 Å². The Bertz CT molecular complexity index is 312. The van der Waals surface area contributed by atoms with E-state index in [1.54, 1.807) is 12.1 Å². The Labute approximate surface area is 76.0 Å². The van der Waals surface area contributed by atoms with E-state index in [0.29, 0.717) is 24.2 Å². The smallest absolute Gasteiger partial charge is 0.130 e. The van der Waals surface area contributed by atoms with Gasteiger partial charge in [-0.3, -0.25) is 0 Å². The van der Waals surface area contributed by atoms with Crippen LogP contribution in [0.15, 0.2) is 18.2 Å². The first-order chi connectivity index (χ1) is 6.31. The molecule has 1 aliphatic rings. The summed E-state index contributed by atoms with van der Waals surface area (Å²) in [7, 11) is 0. The third-order valence-electron chi connectivity index (χ3n) is 2.29. The van der Waals surface area contributed by atoms with Gasteiger partial charge in [-0.1, -0.05) is 6.07 Å². The molecule has 0 bridgehead atoms. The maximum atomic E-state index is 13.2. The summed E-state index contributed by atoms with van der Waals surface area (Å²) in [5, 5.41) is 8.87. The number of ether oxygens (including phenoxy) is 1. The van der Waals surface area contributed by atoms with E-state index in [4.69, 9.17) is 9.84 Å². The van der Waals surface area contributed by atoms with Gasteiger partial charge in [0.2, 0.25) is 0 Å².